The van der Waals surface area contributed by atoms with Crippen molar-refractivity contribution in [2.45, 2.75) is 81.8 Å². The third-order valence-electron chi connectivity index (χ3n) is 6.52. The zero-order valence-electron chi connectivity index (χ0n) is 12.2. The predicted octanol–water partition coefficient (Wildman–Crippen LogP) is 3.24. The average Bonchev–Trinajstić information content (AvgIpc) is 2.35. The van der Waals surface area contributed by atoms with E-state index in [9.17, 15) is 5.11 Å². The SMILES string of the molecule is OC12CC3CC(C1)CC(NCC1CCCCC1)(C3)C2. The zero-order chi connectivity index (χ0) is 12.9. The fourth-order valence-corrected chi connectivity index (χ4v) is 6.17. The van der Waals surface area contributed by atoms with Crippen molar-refractivity contribution in [2.24, 2.45) is 17.8 Å². The summed E-state index contributed by atoms with van der Waals surface area (Å²) in [5.74, 6) is 2.53. The van der Waals surface area contributed by atoms with Crippen LogP contribution in [0.1, 0.15) is 70.6 Å². The van der Waals surface area contributed by atoms with Crippen molar-refractivity contribution in [1.82, 2.24) is 5.32 Å². The van der Waals surface area contributed by atoms with Gasteiger partial charge in [0.15, 0.2) is 0 Å². The van der Waals surface area contributed by atoms with Gasteiger partial charge in [-0.15, -0.1) is 0 Å². The molecule has 0 aromatic heterocycles. The van der Waals surface area contributed by atoms with Crippen molar-refractivity contribution in [3.05, 3.63) is 0 Å². The van der Waals surface area contributed by atoms with Gasteiger partial charge in [0.25, 0.3) is 0 Å². The molecule has 19 heavy (non-hydrogen) atoms. The molecule has 5 aliphatic rings. The normalized spacial score (nSPS) is 49.7. The standard InChI is InChI=1S/C17H29NO/c19-17-9-14-6-15(10-17)8-16(7-14,12-17)18-11-13-4-2-1-3-5-13/h13-15,18-19H,1-12H2. The molecular weight excluding hydrogens is 234 g/mol. The monoisotopic (exact) mass is 263 g/mol. The number of aliphatic hydroxyl groups is 1. The first-order chi connectivity index (χ1) is 9.15. The Kier molecular flexibility index (Phi) is 2.97. The number of rotatable bonds is 3. The van der Waals surface area contributed by atoms with Gasteiger partial charge in [-0.05, 0) is 75.7 Å². The molecule has 108 valence electrons. The second kappa shape index (κ2) is 4.46. The summed E-state index contributed by atoms with van der Waals surface area (Å²) in [5.41, 5.74) is 0.0138. The first kappa shape index (κ1) is 12.6. The van der Waals surface area contributed by atoms with Gasteiger partial charge in [-0.2, -0.15) is 0 Å². The van der Waals surface area contributed by atoms with Crippen LogP contribution < -0.4 is 5.32 Å². The van der Waals surface area contributed by atoms with Crippen LogP contribution in [0.15, 0.2) is 0 Å². The van der Waals surface area contributed by atoms with Gasteiger partial charge >= 0.3 is 0 Å². The van der Waals surface area contributed by atoms with Crippen molar-refractivity contribution < 1.29 is 5.11 Å². The van der Waals surface area contributed by atoms with E-state index in [1.165, 1.54) is 57.9 Å². The summed E-state index contributed by atoms with van der Waals surface area (Å²) in [7, 11) is 0. The predicted molar refractivity (Wildman–Crippen MR) is 76.9 cm³/mol. The highest BCUT2D eigenvalue weighted by Crippen LogP contribution is 2.57. The van der Waals surface area contributed by atoms with Crippen LogP contribution in [0, 0.1) is 17.8 Å². The molecule has 2 nitrogen and oxygen atoms in total. The summed E-state index contributed by atoms with van der Waals surface area (Å²) in [6.07, 6.45) is 14.5. The Morgan fingerprint density at radius 1 is 0.947 bits per heavy atom. The van der Waals surface area contributed by atoms with Gasteiger partial charge in [-0.3, -0.25) is 0 Å². The highest BCUT2D eigenvalue weighted by atomic mass is 16.3. The molecule has 0 spiro atoms. The minimum Gasteiger partial charge on any atom is -0.390 e. The van der Waals surface area contributed by atoms with E-state index < -0.39 is 0 Å². The van der Waals surface area contributed by atoms with Crippen LogP contribution in [-0.2, 0) is 0 Å². The van der Waals surface area contributed by atoms with E-state index >= 15 is 0 Å². The van der Waals surface area contributed by atoms with Crippen molar-refractivity contribution in [3.63, 3.8) is 0 Å². The molecule has 5 aliphatic carbocycles. The molecule has 2 atom stereocenters. The molecule has 4 bridgehead atoms. The highest BCUT2D eigenvalue weighted by molar-refractivity contribution is 5.12. The van der Waals surface area contributed by atoms with E-state index in [0.717, 1.165) is 37.0 Å². The summed E-state index contributed by atoms with van der Waals surface area (Å²) >= 11 is 0. The van der Waals surface area contributed by atoms with Gasteiger partial charge in [0, 0.05) is 5.54 Å². The summed E-state index contributed by atoms with van der Waals surface area (Å²) in [4.78, 5) is 0. The lowest BCUT2D eigenvalue weighted by molar-refractivity contribution is -0.143. The van der Waals surface area contributed by atoms with Gasteiger partial charge in [-0.1, -0.05) is 19.3 Å². The first-order valence-corrected chi connectivity index (χ1v) is 8.62. The maximum absolute atomic E-state index is 10.8. The van der Waals surface area contributed by atoms with Crippen LogP contribution in [0.4, 0.5) is 0 Å². The Labute approximate surface area is 117 Å². The van der Waals surface area contributed by atoms with Crippen LogP contribution >= 0.6 is 0 Å². The van der Waals surface area contributed by atoms with E-state index in [2.05, 4.69) is 5.32 Å². The van der Waals surface area contributed by atoms with E-state index in [1.807, 2.05) is 0 Å². The summed E-state index contributed by atoms with van der Waals surface area (Å²) in [6, 6.07) is 0. The van der Waals surface area contributed by atoms with Crippen molar-refractivity contribution in [1.29, 1.82) is 0 Å². The maximum Gasteiger partial charge on any atom is 0.0670 e. The third kappa shape index (κ3) is 2.35. The van der Waals surface area contributed by atoms with Crippen molar-refractivity contribution in [2.75, 3.05) is 6.54 Å². The number of hydrogen-bond acceptors (Lipinski definition) is 2. The summed E-state index contributed by atoms with van der Waals surface area (Å²) in [5, 5.41) is 14.7. The Morgan fingerprint density at radius 2 is 1.63 bits per heavy atom. The third-order valence-corrected chi connectivity index (χ3v) is 6.52. The lowest BCUT2D eigenvalue weighted by atomic mass is 9.51. The molecule has 5 saturated carbocycles. The Hall–Kier alpha value is -0.0800. The van der Waals surface area contributed by atoms with Crippen molar-refractivity contribution >= 4 is 0 Å². The highest BCUT2D eigenvalue weighted by Gasteiger charge is 2.56. The van der Waals surface area contributed by atoms with Gasteiger partial charge in [0.2, 0.25) is 0 Å². The molecule has 0 radical (unpaired) electrons. The molecule has 2 N–H and O–H groups in total. The minimum absolute atomic E-state index is 0.302. The molecule has 0 aromatic carbocycles. The topological polar surface area (TPSA) is 32.3 Å². The fraction of sp³-hybridized carbons (Fsp3) is 1.00. The van der Waals surface area contributed by atoms with Crippen LogP contribution in [0.3, 0.4) is 0 Å². The van der Waals surface area contributed by atoms with Crippen LogP contribution in [-0.4, -0.2) is 22.8 Å². The van der Waals surface area contributed by atoms with E-state index in [0.29, 0.717) is 5.54 Å². The first-order valence-electron chi connectivity index (χ1n) is 8.62. The van der Waals surface area contributed by atoms with Crippen LogP contribution in [0.25, 0.3) is 0 Å². The molecule has 5 rings (SSSR count). The Morgan fingerprint density at radius 3 is 2.26 bits per heavy atom. The van der Waals surface area contributed by atoms with Gasteiger partial charge in [0.05, 0.1) is 5.60 Å². The molecule has 2 heteroatoms. The molecule has 0 saturated heterocycles. The Balaban J connectivity index is 1.42. The van der Waals surface area contributed by atoms with E-state index in [-0.39, 0.29) is 5.60 Å². The maximum atomic E-state index is 10.8. The van der Waals surface area contributed by atoms with E-state index in [4.69, 9.17) is 0 Å². The zero-order valence-corrected chi connectivity index (χ0v) is 12.2. The summed E-state index contributed by atoms with van der Waals surface area (Å²) < 4.78 is 0. The largest absolute Gasteiger partial charge is 0.390 e. The van der Waals surface area contributed by atoms with E-state index in [1.54, 1.807) is 0 Å². The number of hydrogen-bond donors (Lipinski definition) is 2. The van der Waals surface area contributed by atoms with Crippen molar-refractivity contribution in [3.8, 4) is 0 Å². The molecule has 2 unspecified atom stereocenters. The van der Waals surface area contributed by atoms with Crippen LogP contribution in [0.2, 0.25) is 0 Å². The van der Waals surface area contributed by atoms with Crippen LogP contribution in [0.5, 0.6) is 0 Å². The summed E-state index contributed by atoms with van der Waals surface area (Å²) in [6.45, 7) is 1.22. The van der Waals surface area contributed by atoms with Gasteiger partial charge < -0.3 is 10.4 Å². The second-order valence-corrected chi connectivity index (χ2v) is 8.35. The quantitative estimate of drug-likeness (QED) is 0.819. The lowest BCUT2D eigenvalue weighted by Crippen LogP contribution is -2.65. The van der Waals surface area contributed by atoms with Gasteiger partial charge in [0.1, 0.15) is 0 Å². The molecule has 0 heterocycles. The molecule has 0 aromatic rings. The molecule has 5 fully saturated rings. The molecule has 0 aliphatic heterocycles. The fourth-order valence-electron chi connectivity index (χ4n) is 6.17. The minimum atomic E-state index is -0.302. The smallest absolute Gasteiger partial charge is 0.0670 e. The molecule has 0 amide bonds. The molecular formula is C17H29NO. The second-order valence-electron chi connectivity index (χ2n) is 8.35. The Bertz CT molecular complexity index is 333. The van der Waals surface area contributed by atoms with Gasteiger partial charge in [-0.25, -0.2) is 0 Å². The number of nitrogens with one attached hydrogen (secondary N) is 1. The lowest BCUT2D eigenvalue weighted by Gasteiger charge is -2.60. The average molecular weight is 263 g/mol.